The molecule has 1 rings (SSSR count). The quantitative estimate of drug-likeness (QED) is 0.932. The summed E-state index contributed by atoms with van der Waals surface area (Å²) in [5, 5.41) is 9.29. The summed E-state index contributed by atoms with van der Waals surface area (Å²) in [7, 11) is 0. The van der Waals surface area contributed by atoms with Gasteiger partial charge in [-0.05, 0) is 26.8 Å². The number of aliphatic carboxylic acids is 1. The molecule has 1 N–H and O–H groups in total. The van der Waals surface area contributed by atoms with Crippen LogP contribution < -0.4 is 0 Å². The van der Waals surface area contributed by atoms with Gasteiger partial charge in [-0.25, -0.2) is 4.98 Å². The molecule has 0 atom stereocenters. The van der Waals surface area contributed by atoms with Gasteiger partial charge in [-0.15, -0.1) is 0 Å². The third kappa shape index (κ3) is 4.08. The minimum Gasteiger partial charge on any atom is -0.480 e. The normalized spacial score (nSPS) is 11.2. The van der Waals surface area contributed by atoms with Gasteiger partial charge in [0.2, 0.25) is 0 Å². The monoisotopic (exact) mass is 304 g/mol. The Kier molecular flexibility index (Phi) is 4.76. The van der Waals surface area contributed by atoms with Crippen LogP contribution in [0.15, 0.2) is 12.3 Å². The van der Waals surface area contributed by atoms with Gasteiger partial charge in [0.1, 0.15) is 12.2 Å². The Morgan fingerprint density at radius 1 is 1.37 bits per heavy atom. The Bertz CT molecular complexity index is 512. The molecule has 0 fully saturated rings. The van der Waals surface area contributed by atoms with Crippen LogP contribution in [0.4, 0.5) is 0 Å². The molecule has 0 aliphatic carbocycles. The average Bonchev–Trinajstić information content (AvgIpc) is 2.23. The molecular formula is C12H14Cl2N2O3. The number of hydrogen-bond acceptors (Lipinski definition) is 3. The number of hydrogen-bond donors (Lipinski definition) is 1. The van der Waals surface area contributed by atoms with Crippen LogP contribution in [0.2, 0.25) is 10.0 Å². The summed E-state index contributed by atoms with van der Waals surface area (Å²) in [5.74, 6) is -1.65. The van der Waals surface area contributed by atoms with Crippen LogP contribution in [0.5, 0.6) is 0 Å². The molecule has 0 saturated heterocycles. The maximum absolute atomic E-state index is 12.3. The molecular weight excluding hydrogens is 291 g/mol. The lowest BCUT2D eigenvalue weighted by atomic mass is 10.1. The van der Waals surface area contributed by atoms with Crippen molar-refractivity contribution in [3.8, 4) is 0 Å². The third-order valence-corrected chi connectivity index (χ3v) is 2.85. The number of pyridine rings is 1. The van der Waals surface area contributed by atoms with Crippen LogP contribution in [-0.2, 0) is 4.79 Å². The van der Waals surface area contributed by atoms with E-state index in [1.807, 2.05) is 0 Å². The zero-order valence-corrected chi connectivity index (χ0v) is 12.3. The van der Waals surface area contributed by atoms with Crippen LogP contribution in [0.1, 0.15) is 31.3 Å². The van der Waals surface area contributed by atoms with E-state index >= 15 is 0 Å². The second-order valence-corrected chi connectivity index (χ2v) is 5.78. The number of carboxylic acids is 1. The summed E-state index contributed by atoms with van der Waals surface area (Å²) in [5.41, 5.74) is -0.678. The SMILES string of the molecule is CC(C)(C)N(CC(=O)O)C(=O)c1ncc(Cl)cc1Cl. The molecule has 5 nitrogen and oxygen atoms in total. The van der Waals surface area contributed by atoms with Gasteiger partial charge in [0, 0.05) is 11.7 Å². The average molecular weight is 305 g/mol. The highest BCUT2D eigenvalue weighted by molar-refractivity contribution is 6.36. The number of carbonyl (C=O) groups excluding carboxylic acids is 1. The van der Waals surface area contributed by atoms with E-state index in [1.165, 1.54) is 17.2 Å². The van der Waals surface area contributed by atoms with Gasteiger partial charge in [-0.1, -0.05) is 23.2 Å². The largest absolute Gasteiger partial charge is 0.480 e. The first kappa shape index (κ1) is 15.7. The molecule has 0 unspecified atom stereocenters. The molecule has 0 bridgehead atoms. The minimum atomic E-state index is -1.10. The number of nitrogens with zero attached hydrogens (tertiary/aromatic N) is 2. The fourth-order valence-electron chi connectivity index (χ4n) is 1.45. The first-order valence-corrected chi connectivity index (χ1v) is 6.23. The van der Waals surface area contributed by atoms with E-state index < -0.39 is 24.0 Å². The number of rotatable bonds is 3. The lowest BCUT2D eigenvalue weighted by Crippen LogP contribution is -2.48. The van der Waals surface area contributed by atoms with Crippen LogP contribution in [0.25, 0.3) is 0 Å². The molecule has 0 radical (unpaired) electrons. The second-order valence-electron chi connectivity index (χ2n) is 4.94. The van der Waals surface area contributed by atoms with Crippen molar-refractivity contribution in [3.05, 3.63) is 28.0 Å². The molecule has 0 aliphatic rings. The van der Waals surface area contributed by atoms with Crippen molar-refractivity contribution in [2.45, 2.75) is 26.3 Å². The van der Waals surface area contributed by atoms with Crippen LogP contribution in [0.3, 0.4) is 0 Å². The van der Waals surface area contributed by atoms with Gasteiger partial charge in [0.15, 0.2) is 0 Å². The van der Waals surface area contributed by atoms with Crippen molar-refractivity contribution in [3.63, 3.8) is 0 Å². The van der Waals surface area contributed by atoms with Crippen LogP contribution in [0, 0.1) is 0 Å². The molecule has 1 aromatic heterocycles. The highest BCUT2D eigenvalue weighted by atomic mass is 35.5. The van der Waals surface area contributed by atoms with Gasteiger partial charge in [0.25, 0.3) is 5.91 Å². The first-order chi connectivity index (χ1) is 8.62. The van der Waals surface area contributed by atoms with Gasteiger partial charge in [0.05, 0.1) is 10.0 Å². The Morgan fingerprint density at radius 3 is 2.37 bits per heavy atom. The van der Waals surface area contributed by atoms with Crippen molar-refractivity contribution in [1.29, 1.82) is 0 Å². The van der Waals surface area contributed by atoms with E-state index in [1.54, 1.807) is 20.8 Å². The maximum atomic E-state index is 12.3. The lowest BCUT2D eigenvalue weighted by Gasteiger charge is -2.34. The molecule has 1 aromatic rings. The zero-order valence-electron chi connectivity index (χ0n) is 10.8. The summed E-state index contributed by atoms with van der Waals surface area (Å²) >= 11 is 11.6. The molecule has 1 heterocycles. The highest BCUT2D eigenvalue weighted by Crippen LogP contribution is 2.23. The molecule has 19 heavy (non-hydrogen) atoms. The molecule has 104 valence electrons. The summed E-state index contributed by atoms with van der Waals surface area (Å²) in [6.45, 7) is 4.77. The Morgan fingerprint density at radius 2 is 1.95 bits per heavy atom. The third-order valence-electron chi connectivity index (χ3n) is 2.36. The predicted molar refractivity (Wildman–Crippen MR) is 72.7 cm³/mol. The lowest BCUT2D eigenvalue weighted by molar-refractivity contribution is -0.138. The molecule has 7 heteroatoms. The minimum absolute atomic E-state index is 0.0118. The van der Waals surface area contributed by atoms with Gasteiger partial charge in [-0.3, -0.25) is 9.59 Å². The van der Waals surface area contributed by atoms with Gasteiger partial charge in [-0.2, -0.15) is 0 Å². The van der Waals surface area contributed by atoms with Crippen molar-refractivity contribution >= 4 is 35.1 Å². The van der Waals surface area contributed by atoms with Crippen LogP contribution in [-0.4, -0.2) is 39.0 Å². The van der Waals surface area contributed by atoms with E-state index in [-0.39, 0.29) is 10.7 Å². The fourth-order valence-corrected chi connectivity index (χ4v) is 1.91. The number of carbonyl (C=O) groups is 2. The Balaban J connectivity index is 3.16. The van der Waals surface area contributed by atoms with Gasteiger partial charge >= 0.3 is 5.97 Å². The first-order valence-electron chi connectivity index (χ1n) is 5.47. The van der Waals surface area contributed by atoms with E-state index in [0.29, 0.717) is 5.02 Å². The summed E-state index contributed by atoms with van der Waals surface area (Å²) in [4.78, 5) is 28.3. The van der Waals surface area contributed by atoms with Crippen molar-refractivity contribution in [1.82, 2.24) is 9.88 Å². The van der Waals surface area contributed by atoms with Crippen LogP contribution >= 0.6 is 23.2 Å². The molecule has 1 amide bonds. The summed E-state index contributed by atoms with van der Waals surface area (Å²) in [6.07, 6.45) is 1.29. The van der Waals surface area contributed by atoms with Crippen molar-refractivity contribution < 1.29 is 14.7 Å². The van der Waals surface area contributed by atoms with Crippen molar-refractivity contribution in [2.24, 2.45) is 0 Å². The number of aromatic nitrogens is 1. The zero-order chi connectivity index (χ0) is 14.8. The highest BCUT2D eigenvalue weighted by Gasteiger charge is 2.31. The molecule has 0 aromatic carbocycles. The van der Waals surface area contributed by atoms with E-state index in [9.17, 15) is 9.59 Å². The standard InChI is InChI=1S/C12H14Cl2N2O3/c1-12(2,3)16(6-9(17)18)11(19)10-8(14)4-7(13)5-15-10/h4-5H,6H2,1-3H3,(H,17,18). The van der Waals surface area contributed by atoms with E-state index in [2.05, 4.69) is 4.98 Å². The Hall–Kier alpha value is -1.33. The molecule has 0 saturated carbocycles. The Labute approximate surface area is 121 Å². The molecule has 0 aliphatic heterocycles. The van der Waals surface area contributed by atoms with Gasteiger partial charge < -0.3 is 10.0 Å². The fraction of sp³-hybridized carbons (Fsp3) is 0.417. The number of amides is 1. The number of halogens is 2. The van der Waals surface area contributed by atoms with E-state index in [4.69, 9.17) is 28.3 Å². The predicted octanol–water partition coefficient (Wildman–Crippen LogP) is 2.71. The topological polar surface area (TPSA) is 70.5 Å². The summed E-state index contributed by atoms with van der Waals surface area (Å²) in [6, 6.07) is 1.39. The van der Waals surface area contributed by atoms with Crippen molar-refractivity contribution in [2.75, 3.05) is 6.54 Å². The second kappa shape index (κ2) is 5.75. The number of carboxylic acid groups (broad SMARTS) is 1. The van der Waals surface area contributed by atoms with E-state index in [0.717, 1.165) is 0 Å². The summed E-state index contributed by atoms with van der Waals surface area (Å²) < 4.78 is 0. The maximum Gasteiger partial charge on any atom is 0.323 e. The molecule has 0 spiro atoms. The smallest absolute Gasteiger partial charge is 0.323 e.